The lowest BCUT2D eigenvalue weighted by Gasteiger charge is -2.14. The Balaban J connectivity index is 1.69. The Morgan fingerprint density at radius 2 is 1.96 bits per heavy atom. The Labute approximate surface area is 147 Å². The maximum Gasteiger partial charge on any atom is 0.262 e. The number of hydrogen-bond acceptors (Lipinski definition) is 4. The van der Waals surface area contributed by atoms with E-state index >= 15 is 0 Å². The molecule has 0 saturated heterocycles. The summed E-state index contributed by atoms with van der Waals surface area (Å²) in [6, 6.07) is 12.3. The zero-order valence-electron chi connectivity index (χ0n) is 12.5. The second-order valence-electron chi connectivity index (χ2n) is 4.75. The van der Waals surface area contributed by atoms with Crippen molar-refractivity contribution >= 4 is 39.1 Å². The van der Waals surface area contributed by atoms with Crippen LogP contribution in [-0.2, 0) is 4.79 Å². The van der Waals surface area contributed by atoms with Crippen molar-refractivity contribution in [3.63, 3.8) is 0 Å². The Morgan fingerprint density at radius 3 is 2.61 bits per heavy atom. The molecule has 0 fully saturated rings. The summed E-state index contributed by atoms with van der Waals surface area (Å²) in [5, 5.41) is 5.40. The van der Waals surface area contributed by atoms with E-state index in [1.54, 1.807) is 19.1 Å². The van der Waals surface area contributed by atoms with Crippen LogP contribution in [0.25, 0.3) is 0 Å². The quantitative estimate of drug-likeness (QED) is 0.707. The van der Waals surface area contributed by atoms with Gasteiger partial charge < -0.3 is 15.4 Å². The molecule has 2 N–H and O–H groups in total. The number of carbonyl (C=O) groups excluding carboxylic acids is 2. The molecule has 1 heterocycles. The molecule has 0 radical (unpaired) electrons. The molecule has 0 aliphatic heterocycles. The minimum atomic E-state index is -0.611. The maximum absolute atomic E-state index is 12.0. The Kier molecular flexibility index (Phi) is 6.61. The molecule has 7 heteroatoms. The Hall–Kier alpha value is -1.86. The molecule has 0 aliphatic carbocycles. The van der Waals surface area contributed by atoms with Crippen LogP contribution in [0, 0.1) is 0 Å². The molecule has 0 saturated carbocycles. The van der Waals surface area contributed by atoms with Gasteiger partial charge in [0.1, 0.15) is 18.4 Å². The minimum Gasteiger partial charge on any atom is -0.492 e. The van der Waals surface area contributed by atoms with Crippen molar-refractivity contribution in [3.8, 4) is 5.75 Å². The number of ether oxygens (including phenoxy) is 1. The fourth-order valence-corrected chi connectivity index (χ4v) is 3.07. The lowest BCUT2D eigenvalue weighted by molar-refractivity contribution is -0.122. The molecule has 0 spiro atoms. The zero-order valence-corrected chi connectivity index (χ0v) is 14.9. The molecule has 1 atom stereocenters. The lowest BCUT2D eigenvalue weighted by atomic mass is 10.3. The summed E-state index contributed by atoms with van der Waals surface area (Å²) in [4.78, 5) is 24.5. The monoisotopic (exact) mass is 396 g/mol. The molecule has 2 amide bonds. The Bertz CT molecular complexity index is 660. The molecule has 2 aromatic rings. The first-order chi connectivity index (χ1) is 11.1. The summed E-state index contributed by atoms with van der Waals surface area (Å²) in [6.45, 7) is 2.39. The number of para-hydroxylation sites is 1. The Morgan fingerprint density at radius 1 is 1.22 bits per heavy atom. The van der Waals surface area contributed by atoms with Gasteiger partial charge in [0.2, 0.25) is 5.91 Å². The van der Waals surface area contributed by atoms with Crippen molar-refractivity contribution in [2.45, 2.75) is 13.0 Å². The lowest BCUT2D eigenvalue weighted by Crippen LogP contribution is -2.45. The number of thiophene rings is 1. The summed E-state index contributed by atoms with van der Waals surface area (Å²) in [6.07, 6.45) is 0. The van der Waals surface area contributed by atoms with Crippen molar-refractivity contribution in [2.75, 3.05) is 13.2 Å². The third-order valence-corrected chi connectivity index (χ3v) is 4.57. The molecule has 1 aromatic carbocycles. The maximum atomic E-state index is 12.0. The summed E-state index contributed by atoms with van der Waals surface area (Å²) in [5.74, 6) is 0.251. The minimum absolute atomic E-state index is 0.245. The summed E-state index contributed by atoms with van der Waals surface area (Å²) in [7, 11) is 0. The van der Waals surface area contributed by atoms with Crippen LogP contribution in [-0.4, -0.2) is 31.0 Å². The van der Waals surface area contributed by atoms with E-state index in [9.17, 15) is 9.59 Å². The van der Waals surface area contributed by atoms with Crippen molar-refractivity contribution in [2.24, 2.45) is 0 Å². The van der Waals surface area contributed by atoms with E-state index < -0.39 is 6.04 Å². The van der Waals surface area contributed by atoms with Crippen molar-refractivity contribution in [3.05, 3.63) is 51.1 Å². The van der Waals surface area contributed by atoms with Gasteiger partial charge in [0.05, 0.1) is 15.2 Å². The number of nitrogens with one attached hydrogen (secondary N) is 2. The number of benzene rings is 1. The molecule has 1 aromatic heterocycles. The molecule has 0 bridgehead atoms. The summed E-state index contributed by atoms with van der Waals surface area (Å²) < 4.78 is 6.36. The van der Waals surface area contributed by atoms with Gasteiger partial charge in [-0.25, -0.2) is 0 Å². The SMILES string of the molecule is CC(NC(=O)c1ccc(Br)s1)C(=O)NCCOc1ccccc1. The molecule has 1 unspecified atom stereocenters. The smallest absolute Gasteiger partial charge is 0.262 e. The first-order valence-corrected chi connectivity index (χ1v) is 8.69. The van der Waals surface area contributed by atoms with Crippen LogP contribution in [0.5, 0.6) is 5.75 Å². The highest BCUT2D eigenvalue weighted by Gasteiger charge is 2.17. The van der Waals surface area contributed by atoms with Gasteiger partial charge in [0.15, 0.2) is 0 Å². The van der Waals surface area contributed by atoms with Crippen LogP contribution in [0.3, 0.4) is 0 Å². The normalized spacial score (nSPS) is 11.6. The van der Waals surface area contributed by atoms with Gasteiger partial charge >= 0.3 is 0 Å². The molecule has 5 nitrogen and oxygen atoms in total. The van der Waals surface area contributed by atoms with Gasteiger partial charge in [-0.3, -0.25) is 9.59 Å². The standard InChI is InChI=1S/C16H17BrN2O3S/c1-11(19-16(21)13-7-8-14(17)23-13)15(20)18-9-10-22-12-5-3-2-4-6-12/h2-8,11H,9-10H2,1H3,(H,18,20)(H,19,21). The molecular weight excluding hydrogens is 380 g/mol. The third-order valence-electron chi connectivity index (χ3n) is 2.95. The molecular formula is C16H17BrN2O3S. The highest BCUT2D eigenvalue weighted by Crippen LogP contribution is 2.21. The fourth-order valence-electron chi connectivity index (χ4n) is 1.78. The van der Waals surface area contributed by atoms with Crippen LogP contribution in [0.2, 0.25) is 0 Å². The van der Waals surface area contributed by atoms with Crippen LogP contribution in [0.1, 0.15) is 16.6 Å². The summed E-state index contributed by atoms with van der Waals surface area (Å²) in [5.41, 5.74) is 0. The fraction of sp³-hybridized carbons (Fsp3) is 0.250. The van der Waals surface area contributed by atoms with Crippen molar-refractivity contribution in [1.29, 1.82) is 0 Å². The van der Waals surface area contributed by atoms with Gasteiger partial charge in [0.25, 0.3) is 5.91 Å². The van der Waals surface area contributed by atoms with Crippen molar-refractivity contribution in [1.82, 2.24) is 10.6 Å². The van der Waals surface area contributed by atoms with E-state index in [1.807, 2.05) is 30.3 Å². The van der Waals surface area contributed by atoms with Crippen LogP contribution in [0.4, 0.5) is 0 Å². The summed E-state index contributed by atoms with van der Waals surface area (Å²) >= 11 is 4.62. The van der Waals surface area contributed by atoms with E-state index in [-0.39, 0.29) is 11.8 Å². The van der Waals surface area contributed by atoms with Crippen molar-refractivity contribution < 1.29 is 14.3 Å². The number of hydrogen-bond donors (Lipinski definition) is 2. The second-order valence-corrected chi connectivity index (χ2v) is 7.21. The first-order valence-electron chi connectivity index (χ1n) is 7.08. The molecule has 2 rings (SSSR count). The van der Waals surface area contributed by atoms with E-state index in [0.29, 0.717) is 18.0 Å². The second kappa shape index (κ2) is 8.69. The zero-order chi connectivity index (χ0) is 16.7. The van der Waals surface area contributed by atoms with Crippen LogP contribution < -0.4 is 15.4 Å². The van der Waals surface area contributed by atoms with E-state index in [0.717, 1.165) is 9.54 Å². The first kappa shape index (κ1) is 17.5. The van der Waals surface area contributed by atoms with Gasteiger partial charge in [-0.05, 0) is 47.1 Å². The molecule has 122 valence electrons. The van der Waals surface area contributed by atoms with E-state index in [1.165, 1.54) is 11.3 Å². The predicted octanol–water partition coefficient (Wildman–Crippen LogP) is 2.82. The average molecular weight is 397 g/mol. The number of halogens is 1. The largest absolute Gasteiger partial charge is 0.492 e. The number of rotatable bonds is 7. The van der Waals surface area contributed by atoms with Crippen LogP contribution >= 0.6 is 27.3 Å². The third kappa shape index (κ3) is 5.69. The molecule has 0 aliphatic rings. The molecule has 23 heavy (non-hydrogen) atoms. The average Bonchev–Trinajstić information content (AvgIpc) is 2.99. The highest BCUT2D eigenvalue weighted by atomic mass is 79.9. The predicted molar refractivity (Wildman–Crippen MR) is 93.9 cm³/mol. The van der Waals surface area contributed by atoms with Gasteiger partial charge in [-0.1, -0.05) is 18.2 Å². The van der Waals surface area contributed by atoms with E-state index in [2.05, 4.69) is 26.6 Å². The highest BCUT2D eigenvalue weighted by molar-refractivity contribution is 9.11. The topological polar surface area (TPSA) is 67.4 Å². The number of amides is 2. The van der Waals surface area contributed by atoms with E-state index in [4.69, 9.17) is 4.74 Å². The van der Waals surface area contributed by atoms with Crippen LogP contribution in [0.15, 0.2) is 46.3 Å². The number of carbonyl (C=O) groups is 2. The van der Waals surface area contributed by atoms with Gasteiger partial charge in [0, 0.05) is 0 Å². The van der Waals surface area contributed by atoms with Gasteiger partial charge in [-0.2, -0.15) is 0 Å². The van der Waals surface area contributed by atoms with Gasteiger partial charge in [-0.15, -0.1) is 11.3 Å².